The van der Waals surface area contributed by atoms with Gasteiger partial charge in [0.15, 0.2) is 6.29 Å². The number of nitrogens with one attached hydrogen (secondary N) is 1. The summed E-state index contributed by atoms with van der Waals surface area (Å²) in [5, 5.41) is 53.6. The third-order valence-electron chi connectivity index (χ3n) is 8.58. The molecule has 1 saturated heterocycles. The van der Waals surface area contributed by atoms with Crippen molar-refractivity contribution >= 4 is 5.91 Å². The molecular formula is C36H67NO8. The molecule has 1 rings (SSSR count). The van der Waals surface area contributed by atoms with Crippen LogP contribution in [-0.4, -0.2) is 87.5 Å². The summed E-state index contributed by atoms with van der Waals surface area (Å²) in [7, 11) is 0. The first-order chi connectivity index (χ1) is 21.8. The summed E-state index contributed by atoms with van der Waals surface area (Å²) in [6.45, 7) is 3.67. The Balaban J connectivity index is 2.52. The average molecular weight is 642 g/mol. The fourth-order valence-electron chi connectivity index (χ4n) is 5.56. The molecule has 7 atom stereocenters. The second-order valence-corrected chi connectivity index (χ2v) is 12.7. The third-order valence-corrected chi connectivity index (χ3v) is 8.58. The number of amides is 1. The highest BCUT2D eigenvalue weighted by Crippen LogP contribution is 2.22. The molecule has 9 heteroatoms. The van der Waals surface area contributed by atoms with E-state index < -0.39 is 49.5 Å². The lowest BCUT2D eigenvalue weighted by molar-refractivity contribution is -0.302. The zero-order valence-electron chi connectivity index (χ0n) is 28.4. The van der Waals surface area contributed by atoms with Crippen LogP contribution in [0.25, 0.3) is 0 Å². The zero-order valence-corrected chi connectivity index (χ0v) is 28.4. The maximum Gasteiger partial charge on any atom is 0.220 e. The molecule has 1 amide bonds. The topological polar surface area (TPSA) is 149 Å². The van der Waals surface area contributed by atoms with Gasteiger partial charge in [0, 0.05) is 6.42 Å². The van der Waals surface area contributed by atoms with E-state index in [0.717, 1.165) is 32.1 Å². The molecule has 1 aliphatic heterocycles. The van der Waals surface area contributed by atoms with Gasteiger partial charge in [-0.05, 0) is 19.3 Å². The fraction of sp³-hybridized carbons (Fsp3) is 0.861. The minimum atomic E-state index is -1.57. The number of hydrogen-bond donors (Lipinski definition) is 6. The predicted molar refractivity (Wildman–Crippen MR) is 180 cm³/mol. The van der Waals surface area contributed by atoms with Crippen LogP contribution in [0.1, 0.15) is 142 Å². The first-order valence-electron chi connectivity index (χ1n) is 18.1. The first kappa shape index (κ1) is 41.7. The lowest BCUT2D eigenvalue weighted by Crippen LogP contribution is -2.60. The van der Waals surface area contributed by atoms with Crippen LogP contribution in [0.4, 0.5) is 0 Å². The van der Waals surface area contributed by atoms with E-state index in [1.807, 2.05) is 6.08 Å². The summed E-state index contributed by atoms with van der Waals surface area (Å²) in [6, 6.07) is -0.828. The Morgan fingerprint density at radius 2 is 1.29 bits per heavy atom. The molecule has 6 N–H and O–H groups in total. The van der Waals surface area contributed by atoms with E-state index in [0.29, 0.717) is 6.42 Å². The van der Waals surface area contributed by atoms with E-state index in [1.54, 1.807) is 12.2 Å². The van der Waals surface area contributed by atoms with Gasteiger partial charge in [0.1, 0.15) is 24.4 Å². The first-order valence-corrected chi connectivity index (χ1v) is 18.1. The Labute approximate surface area is 273 Å². The lowest BCUT2D eigenvalue weighted by Gasteiger charge is -2.40. The highest BCUT2D eigenvalue weighted by Gasteiger charge is 2.44. The van der Waals surface area contributed by atoms with Gasteiger partial charge < -0.3 is 40.3 Å². The van der Waals surface area contributed by atoms with E-state index in [9.17, 15) is 30.3 Å². The molecule has 0 spiro atoms. The molecule has 0 aliphatic carbocycles. The minimum absolute atomic E-state index is 0.199. The fourth-order valence-corrected chi connectivity index (χ4v) is 5.56. The van der Waals surface area contributed by atoms with Gasteiger partial charge in [-0.1, -0.05) is 141 Å². The average Bonchev–Trinajstić information content (AvgIpc) is 3.04. The molecule has 0 bridgehead atoms. The van der Waals surface area contributed by atoms with Crippen LogP contribution in [0.2, 0.25) is 0 Å². The Kier molecular flexibility index (Phi) is 25.7. The van der Waals surface area contributed by atoms with Crippen LogP contribution < -0.4 is 5.32 Å². The monoisotopic (exact) mass is 641 g/mol. The Bertz CT molecular complexity index is 761. The summed E-state index contributed by atoms with van der Waals surface area (Å²) in [6.07, 6.45) is 22.3. The number of unbranched alkanes of at least 4 members (excludes halogenated alkanes) is 17. The number of carbonyl (C=O) groups excluding carboxylic acids is 1. The second-order valence-electron chi connectivity index (χ2n) is 12.7. The highest BCUT2D eigenvalue weighted by molar-refractivity contribution is 5.76. The Morgan fingerprint density at radius 3 is 1.84 bits per heavy atom. The van der Waals surface area contributed by atoms with Crippen molar-refractivity contribution in [3.05, 3.63) is 24.3 Å². The zero-order chi connectivity index (χ0) is 33.1. The van der Waals surface area contributed by atoms with Crippen LogP contribution in [0.3, 0.4) is 0 Å². The summed E-state index contributed by atoms with van der Waals surface area (Å²) < 4.78 is 11.1. The maximum absolute atomic E-state index is 12.8. The van der Waals surface area contributed by atoms with Crippen molar-refractivity contribution in [1.82, 2.24) is 5.32 Å². The van der Waals surface area contributed by atoms with Crippen molar-refractivity contribution in [2.75, 3.05) is 13.2 Å². The van der Waals surface area contributed by atoms with Gasteiger partial charge in [-0.2, -0.15) is 0 Å². The SMILES string of the molecule is CCCCCCCC/C=C/C=C/[C@@H](O)[C@H](CO[C@@H]1O[C@H](CO)[C@@H](O)C(O)C1O)NC(=O)CCCCCCCCCCCCCC. The maximum atomic E-state index is 12.8. The third kappa shape index (κ3) is 19.8. The van der Waals surface area contributed by atoms with Crippen LogP contribution in [0, 0.1) is 0 Å². The standard InChI is InChI=1S/C36H67NO8/c1-3-5-7-9-11-13-15-16-18-20-22-24-26-32(40)37-29(28-44-36-35(43)34(42)33(41)31(27-38)45-36)30(39)25-23-21-19-17-14-12-10-8-6-4-2/h19,21,23,25,29-31,33-36,38-39,41-43H,3-18,20,22,24,26-28H2,1-2H3,(H,37,40)/b21-19+,25-23+/t29-,30+,31+,33+,34?,35?,36+/m0/s1. The van der Waals surface area contributed by atoms with Gasteiger partial charge in [0.05, 0.1) is 25.4 Å². The largest absolute Gasteiger partial charge is 0.394 e. The second kappa shape index (κ2) is 27.8. The Hall–Kier alpha value is -1.33. The highest BCUT2D eigenvalue weighted by atomic mass is 16.7. The molecule has 1 heterocycles. The number of rotatable bonds is 28. The van der Waals surface area contributed by atoms with Crippen molar-refractivity contribution in [3.63, 3.8) is 0 Å². The molecule has 0 saturated carbocycles. The molecule has 1 fully saturated rings. The molecule has 2 unspecified atom stereocenters. The van der Waals surface area contributed by atoms with Crippen molar-refractivity contribution in [3.8, 4) is 0 Å². The van der Waals surface area contributed by atoms with Gasteiger partial charge in [-0.15, -0.1) is 0 Å². The minimum Gasteiger partial charge on any atom is -0.394 e. The molecule has 0 aromatic rings. The molecule has 264 valence electrons. The van der Waals surface area contributed by atoms with Gasteiger partial charge in [-0.25, -0.2) is 0 Å². The van der Waals surface area contributed by atoms with Crippen LogP contribution >= 0.6 is 0 Å². The van der Waals surface area contributed by atoms with Crippen LogP contribution in [-0.2, 0) is 14.3 Å². The van der Waals surface area contributed by atoms with Crippen molar-refractivity contribution in [2.24, 2.45) is 0 Å². The normalized spacial score (nSPS) is 23.6. The summed E-state index contributed by atoms with van der Waals surface area (Å²) in [5.74, 6) is -0.199. The molecule has 0 aromatic carbocycles. The molecule has 9 nitrogen and oxygen atoms in total. The van der Waals surface area contributed by atoms with Crippen molar-refractivity contribution < 1.29 is 39.8 Å². The quantitative estimate of drug-likeness (QED) is 0.0478. The van der Waals surface area contributed by atoms with Crippen LogP contribution in [0.15, 0.2) is 24.3 Å². The Morgan fingerprint density at radius 1 is 0.756 bits per heavy atom. The smallest absolute Gasteiger partial charge is 0.220 e. The van der Waals surface area contributed by atoms with Gasteiger partial charge >= 0.3 is 0 Å². The molecular weight excluding hydrogens is 574 g/mol. The van der Waals surface area contributed by atoms with Crippen molar-refractivity contribution in [2.45, 2.75) is 185 Å². The molecule has 45 heavy (non-hydrogen) atoms. The lowest BCUT2D eigenvalue weighted by atomic mass is 9.99. The number of carbonyl (C=O) groups is 1. The molecule has 1 aliphatic rings. The number of aliphatic hydroxyl groups is 5. The van der Waals surface area contributed by atoms with E-state index in [2.05, 4.69) is 25.2 Å². The number of allylic oxidation sites excluding steroid dienone is 3. The number of ether oxygens (including phenoxy) is 2. The number of aliphatic hydroxyl groups excluding tert-OH is 5. The van der Waals surface area contributed by atoms with Crippen molar-refractivity contribution in [1.29, 1.82) is 0 Å². The van der Waals surface area contributed by atoms with Crippen LogP contribution in [0.5, 0.6) is 0 Å². The van der Waals surface area contributed by atoms with E-state index >= 15 is 0 Å². The predicted octanol–water partition coefficient (Wildman–Crippen LogP) is 5.60. The van der Waals surface area contributed by atoms with Gasteiger partial charge in [-0.3, -0.25) is 4.79 Å². The van der Waals surface area contributed by atoms with Gasteiger partial charge in [0.25, 0.3) is 0 Å². The molecule has 0 radical (unpaired) electrons. The van der Waals surface area contributed by atoms with Gasteiger partial charge in [0.2, 0.25) is 5.91 Å². The summed E-state index contributed by atoms with van der Waals surface area (Å²) in [5.41, 5.74) is 0. The van der Waals surface area contributed by atoms with E-state index in [4.69, 9.17) is 9.47 Å². The molecule has 0 aromatic heterocycles. The van der Waals surface area contributed by atoms with E-state index in [1.165, 1.54) is 89.9 Å². The summed E-state index contributed by atoms with van der Waals surface area (Å²) in [4.78, 5) is 12.8. The number of hydrogen-bond acceptors (Lipinski definition) is 8. The summed E-state index contributed by atoms with van der Waals surface area (Å²) >= 11 is 0. The van der Waals surface area contributed by atoms with E-state index in [-0.39, 0.29) is 12.5 Å².